The van der Waals surface area contributed by atoms with Gasteiger partial charge >= 0.3 is 0 Å². The van der Waals surface area contributed by atoms with Gasteiger partial charge in [-0.3, -0.25) is 0 Å². The second-order valence-corrected chi connectivity index (χ2v) is 5.06. The van der Waals surface area contributed by atoms with Crippen LogP contribution in [0.4, 0.5) is 0 Å². The molecule has 0 fully saturated rings. The predicted octanol–water partition coefficient (Wildman–Crippen LogP) is 5.06. The van der Waals surface area contributed by atoms with Crippen LogP contribution in [0, 0.1) is 0 Å². The molecule has 0 radical (unpaired) electrons. The van der Waals surface area contributed by atoms with E-state index in [1.807, 2.05) is 30.3 Å². The van der Waals surface area contributed by atoms with Crippen LogP contribution in [0.15, 0.2) is 48.5 Å². The Bertz CT molecular complexity index is 497. The average Bonchev–Trinajstić information content (AvgIpc) is 2.45. The minimum atomic E-state index is 0.604. The lowest BCUT2D eigenvalue weighted by atomic mass is 10.1. The molecule has 18 heavy (non-hydrogen) atoms. The van der Waals surface area contributed by atoms with E-state index in [2.05, 4.69) is 50.1 Å². The molecule has 0 aliphatic carbocycles. The Morgan fingerprint density at radius 1 is 0.833 bits per heavy atom. The molecule has 1 nitrogen and oxygen atoms in total. The van der Waals surface area contributed by atoms with Gasteiger partial charge in [-0.2, -0.15) is 0 Å². The lowest BCUT2D eigenvalue weighted by Crippen LogP contribution is -1.99. The van der Waals surface area contributed by atoms with E-state index >= 15 is 0 Å². The second-order valence-electron chi connectivity index (χ2n) is 3.94. The molecule has 0 N–H and O–H groups in total. The minimum absolute atomic E-state index is 0.604. The van der Waals surface area contributed by atoms with E-state index in [0.717, 1.165) is 16.4 Å². The number of hydrogen-bond acceptors (Lipinski definition) is 1. The van der Waals surface area contributed by atoms with Gasteiger partial charge in [-0.15, -0.1) is 0 Å². The van der Waals surface area contributed by atoms with Crippen molar-refractivity contribution in [1.29, 1.82) is 0 Å². The van der Waals surface area contributed by atoms with Crippen LogP contribution in [-0.2, 0) is 17.3 Å². The van der Waals surface area contributed by atoms with Crippen molar-refractivity contribution in [3.63, 3.8) is 0 Å². The zero-order chi connectivity index (χ0) is 12.8. The first-order valence-corrected chi connectivity index (χ1v) is 7.99. The Hall–Kier alpha value is -0.800. The normalized spacial score (nSPS) is 10.3. The molecule has 0 saturated carbocycles. The van der Waals surface area contributed by atoms with E-state index in [4.69, 9.17) is 4.74 Å². The number of benzene rings is 2. The van der Waals surface area contributed by atoms with Gasteiger partial charge in [-0.1, -0.05) is 74.3 Å². The SMILES string of the molecule is BrCc1cccc(OCc2ccccc2)c1CBr. The summed E-state index contributed by atoms with van der Waals surface area (Å²) in [5.41, 5.74) is 3.66. The fourth-order valence-electron chi connectivity index (χ4n) is 1.76. The van der Waals surface area contributed by atoms with Gasteiger partial charge in [0.15, 0.2) is 0 Å². The van der Waals surface area contributed by atoms with E-state index in [1.165, 1.54) is 16.7 Å². The molecule has 0 aliphatic heterocycles. The maximum Gasteiger partial charge on any atom is 0.124 e. The van der Waals surface area contributed by atoms with Crippen molar-refractivity contribution in [3.8, 4) is 5.75 Å². The summed E-state index contributed by atoms with van der Waals surface area (Å²) in [6.45, 7) is 0.604. The molecule has 0 spiro atoms. The summed E-state index contributed by atoms with van der Waals surface area (Å²) in [5.74, 6) is 0.952. The van der Waals surface area contributed by atoms with E-state index in [0.29, 0.717) is 6.61 Å². The summed E-state index contributed by atoms with van der Waals surface area (Å²) in [5, 5.41) is 1.65. The third kappa shape index (κ3) is 3.36. The summed E-state index contributed by atoms with van der Waals surface area (Å²) in [6.07, 6.45) is 0. The number of rotatable bonds is 5. The molecule has 2 aromatic carbocycles. The van der Waals surface area contributed by atoms with Gasteiger partial charge in [0, 0.05) is 16.2 Å². The molecule has 0 unspecified atom stereocenters. The van der Waals surface area contributed by atoms with Gasteiger partial charge in [0.1, 0.15) is 12.4 Å². The fraction of sp³-hybridized carbons (Fsp3) is 0.200. The quantitative estimate of drug-likeness (QED) is 0.669. The Morgan fingerprint density at radius 3 is 2.28 bits per heavy atom. The van der Waals surface area contributed by atoms with Crippen LogP contribution < -0.4 is 4.74 Å². The molecule has 2 aromatic rings. The Morgan fingerprint density at radius 2 is 1.61 bits per heavy atom. The van der Waals surface area contributed by atoms with Crippen molar-refractivity contribution in [1.82, 2.24) is 0 Å². The van der Waals surface area contributed by atoms with Crippen LogP contribution in [0.2, 0.25) is 0 Å². The molecule has 0 atom stereocenters. The summed E-state index contributed by atoms with van der Waals surface area (Å²) >= 11 is 7.03. The Labute approximate surface area is 124 Å². The maximum atomic E-state index is 5.91. The molecule has 0 aromatic heterocycles. The highest BCUT2D eigenvalue weighted by molar-refractivity contribution is 9.09. The smallest absolute Gasteiger partial charge is 0.124 e. The van der Waals surface area contributed by atoms with Gasteiger partial charge in [-0.05, 0) is 17.2 Å². The number of hydrogen-bond donors (Lipinski definition) is 0. The fourth-order valence-corrected chi connectivity index (χ4v) is 2.92. The van der Waals surface area contributed by atoms with Crippen molar-refractivity contribution in [2.75, 3.05) is 0 Å². The highest BCUT2D eigenvalue weighted by Gasteiger charge is 2.07. The van der Waals surface area contributed by atoms with Crippen molar-refractivity contribution in [3.05, 3.63) is 65.2 Å². The second kappa shape index (κ2) is 6.95. The molecule has 0 amide bonds. The standard InChI is InChI=1S/C15H14Br2O/c16-9-13-7-4-8-15(14(13)10-17)18-11-12-5-2-1-3-6-12/h1-8H,9-11H2. The first kappa shape index (κ1) is 13.6. The summed E-state index contributed by atoms with van der Waals surface area (Å²) < 4.78 is 5.91. The number of ether oxygens (including phenoxy) is 1. The zero-order valence-corrected chi connectivity index (χ0v) is 13.1. The highest BCUT2D eigenvalue weighted by Crippen LogP contribution is 2.27. The molecule has 2 rings (SSSR count). The molecule has 0 heterocycles. The molecule has 0 saturated heterocycles. The minimum Gasteiger partial charge on any atom is -0.489 e. The molecule has 3 heteroatoms. The monoisotopic (exact) mass is 368 g/mol. The van der Waals surface area contributed by atoms with Crippen LogP contribution in [0.1, 0.15) is 16.7 Å². The van der Waals surface area contributed by atoms with Gasteiger partial charge in [0.2, 0.25) is 0 Å². The first-order chi connectivity index (χ1) is 8.85. The highest BCUT2D eigenvalue weighted by atomic mass is 79.9. The van der Waals surface area contributed by atoms with Crippen molar-refractivity contribution in [2.45, 2.75) is 17.3 Å². The summed E-state index contributed by atoms with van der Waals surface area (Å²) in [7, 11) is 0. The van der Waals surface area contributed by atoms with E-state index in [1.54, 1.807) is 0 Å². The molecular weight excluding hydrogens is 356 g/mol. The summed E-state index contributed by atoms with van der Waals surface area (Å²) in [6, 6.07) is 16.4. The van der Waals surface area contributed by atoms with Gasteiger partial charge in [-0.25, -0.2) is 0 Å². The molecule has 94 valence electrons. The lowest BCUT2D eigenvalue weighted by molar-refractivity contribution is 0.303. The molecule has 0 bridgehead atoms. The van der Waals surface area contributed by atoms with Crippen LogP contribution in [0.25, 0.3) is 0 Å². The third-order valence-corrected chi connectivity index (χ3v) is 3.91. The van der Waals surface area contributed by atoms with E-state index < -0.39 is 0 Å². The van der Waals surface area contributed by atoms with Crippen LogP contribution in [-0.4, -0.2) is 0 Å². The van der Waals surface area contributed by atoms with Crippen LogP contribution >= 0.6 is 31.9 Å². The van der Waals surface area contributed by atoms with Gasteiger partial charge in [0.05, 0.1) is 0 Å². The zero-order valence-electron chi connectivity index (χ0n) is 9.90. The largest absolute Gasteiger partial charge is 0.489 e. The van der Waals surface area contributed by atoms with Crippen molar-refractivity contribution in [2.24, 2.45) is 0 Å². The first-order valence-electron chi connectivity index (χ1n) is 5.74. The molecule has 0 aliphatic rings. The Balaban J connectivity index is 2.14. The van der Waals surface area contributed by atoms with E-state index in [9.17, 15) is 0 Å². The van der Waals surface area contributed by atoms with E-state index in [-0.39, 0.29) is 0 Å². The lowest BCUT2D eigenvalue weighted by Gasteiger charge is -2.13. The van der Waals surface area contributed by atoms with Crippen molar-refractivity contribution >= 4 is 31.9 Å². The summed E-state index contributed by atoms with van der Waals surface area (Å²) in [4.78, 5) is 0. The number of alkyl halides is 2. The molecular formula is C15H14Br2O. The van der Waals surface area contributed by atoms with Gasteiger partial charge < -0.3 is 4.74 Å². The van der Waals surface area contributed by atoms with Crippen LogP contribution in [0.5, 0.6) is 5.75 Å². The Kier molecular flexibility index (Phi) is 5.26. The van der Waals surface area contributed by atoms with Crippen molar-refractivity contribution < 1.29 is 4.74 Å². The average molecular weight is 370 g/mol. The van der Waals surface area contributed by atoms with Crippen LogP contribution in [0.3, 0.4) is 0 Å². The number of halogens is 2. The third-order valence-electron chi connectivity index (χ3n) is 2.74. The topological polar surface area (TPSA) is 9.23 Å². The maximum absolute atomic E-state index is 5.91. The van der Waals surface area contributed by atoms with Gasteiger partial charge in [0.25, 0.3) is 0 Å². The predicted molar refractivity (Wildman–Crippen MR) is 82.5 cm³/mol.